The summed E-state index contributed by atoms with van der Waals surface area (Å²) in [6.45, 7) is 1.77. The van der Waals surface area contributed by atoms with Gasteiger partial charge < -0.3 is 5.32 Å². The van der Waals surface area contributed by atoms with E-state index in [2.05, 4.69) is 10.3 Å². The molecule has 1 amide bonds. The van der Waals surface area contributed by atoms with Gasteiger partial charge in [-0.25, -0.2) is 0 Å². The number of carbonyl (C=O) groups excluding carboxylic acids is 1. The van der Waals surface area contributed by atoms with Crippen LogP contribution in [0.15, 0.2) is 48.7 Å². The van der Waals surface area contributed by atoms with Gasteiger partial charge in [-0.05, 0) is 25.1 Å². The molecule has 0 spiro atoms. The van der Waals surface area contributed by atoms with E-state index in [1.807, 2.05) is 6.07 Å². The van der Waals surface area contributed by atoms with Crippen molar-refractivity contribution < 1.29 is 9.72 Å². The molecule has 1 aromatic carbocycles. The van der Waals surface area contributed by atoms with Crippen LogP contribution in [0.4, 0.5) is 5.69 Å². The molecule has 0 aliphatic carbocycles. The first kappa shape index (κ1) is 13.7. The SMILES string of the molecule is CC(NC(=O)c1ccccc1[N+](=O)[O-])c1ccccn1. The first-order valence-corrected chi connectivity index (χ1v) is 6.05. The zero-order chi connectivity index (χ0) is 14.5. The Kier molecular flexibility index (Phi) is 4.05. The van der Waals surface area contributed by atoms with Crippen molar-refractivity contribution in [2.75, 3.05) is 0 Å². The van der Waals surface area contributed by atoms with E-state index in [0.29, 0.717) is 5.69 Å². The number of nitro benzene ring substituents is 1. The number of hydrogen-bond donors (Lipinski definition) is 1. The number of benzene rings is 1. The highest BCUT2D eigenvalue weighted by atomic mass is 16.6. The maximum absolute atomic E-state index is 12.1. The van der Waals surface area contributed by atoms with Gasteiger partial charge in [0.15, 0.2) is 0 Å². The predicted molar refractivity (Wildman–Crippen MR) is 73.2 cm³/mol. The van der Waals surface area contributed by atoms with Gasteiger partial charge in [0.2, 0.25) is 0 Å². The zero-order valence-corrected chi connectivity index (χ0v) is 10.8. The van der Waals surface area contributed by atoms with Gasteiger partial charge in [-0.3, -0.25) is 19.9 Å². The number of nitrogens with one attached hydrogen (secondary N) is 1. The highest BCUT2D eigenvalue weighted by molar-refractivity contribution is 5.98. The van der Waals surface area contributed by atoms with Gasteiger partial charge in [0.25, 0.3) is 11.6 Å². The molecule has 1 aromatic heterocycles. The van der Waals surface area contributed by atoms with Crippen molar-refractivity contribution in [1.82, 2.24) is 10.3 Å². The second-order valence-corrected chi connectivity index (χ2v) is 4.22. The van der Waals surface area contributed by atoms with Crippen LogP contribution in [0.2, 0.25) is 0 Å². The summed E-state index contributed by atoms with van der Waals surface area (Å²) in [5.41, 5.74) is 0.526. The minimum atomic E-state index is -0.569. The summed E-state index contributed by atoms with van der Waals surface area (Å²) in [5, 5.41) is 13.6. The van der Waals surface area contributed by atoms with E-state index in [1.165, 1.54) is 18.2 Å². The van der Waals surface area contributed by atoms with Crippen LogP contribution < -0.4 is 5.32 Å². The smallest absolute Gasteiger partial charge is 0.282 e. The number of pyridine rings is 1. The quantitative estimate of drug-likeness (QED) is 0.683. The molecule has 2 rings (SSSR count). The molecule has 6 nitrogen and oxygen atoms in total. The van der Waals surface area contributed by atoms with Crippen LogP contribution >= 0.6 is 0 Å². The number of rotatable bonds is 4. The van der Waals surface area contributed by atoms with Crippen LogP contribution in [-0.4, -0.2) is 15.8 Å². The second-order valence-electron chi connectivity index (χ2n) is 4.22. The van der Waals surface area contributed by atoms with E-state index >= 15 is 0 Å². The lowest BCUT2D eigenvalue weighted by molar-refractivity contribution is -0.385. The summed E-state index contributed by atoms with van der Waals surface area (Å²) in [6.07, 6.45) is 1.63. The molecule has 0 radical (unpaired) electrons. The first-order chi connectivity index (χ1) is 9.59. The molecule has 2 aromatic rings. The lowest BCUT2D eigenvalue weighted by Crippen LogP contribution is -2.27. The summed E-state index contributed by atoms with van der Waals surface area (Å²) in [6, 6.07) is 10.9. The second kappa shape index (κ2) is 5.92. The van der Waals surface area contributed by atoms with Crippen molar-refractivity contribution in [3.8, 4) is 0 Å². The Labute approximate surface area is 115 Å². The fourth-order valence-corrected chi connectivity index (χ4v) is 1.81. The molecule has 0 saturated heterocycles. The van der Waals surface area contributed by atoms with Gasteiger partial charge in [0.05, 0.1) is 16.7 Å². The van der Waals surface area contributed by atoms with E-state index in [4.69, 9.17) is 0 Å². The number of carbonyl (C=O) groups is 1. The van der Waals surface area contributed by atoms with Crippen molar-refractivity contribution in [2.45, 2.75) is 13.0 Å². The molecule has 0 fully saturated rings. The average molecular weight is 271 g/mol. The summed E-state index contributed by atoms with van der Waals surface area (Å²) in [4.78, 5) is 26.6. The number of aromatic nitrogens is 1. The average Bonchev–Trinajstić information content (AvgIpc) is 2.48. The fraction of sp³-hybridized carbons (Fsp3) is 0.143. The Balaban J connectivity index is 2.19. The number of nitrogens with zero attached hydrogens (tertiary/aromatic N) is 2. The molecule has 0 aliphatic heterocycles. The summed E-state index contributed by atoms with van der Waals surface area (Å²) >= 11 is 0. The normalized spacial score (nSPS) is 11.7. The lowest BCUT2D eigenvalue weighted by atomic mass is 10.1. The zero-order valence-electron chi connectivity index (χ0n) is 10.8. The van der Waals surface area contributed by atoms with Crippen LogP contribution in [0, 0.1) is 10.1 Å². The molecule has 20 heavy (non-hydrogen) atoms. The third kappa shape index (κ3) is 2.97. The first-order valence-electron chi connectivity index (χ1n) is 6.05. The monoisotopic (exact) mass is 271 g/mol. The molecule has 1 heterocycles. The molecule has 1 atom stereocenters. The van der Waals surface area contributed by atoms with Crippen LogP contribution in [0.1, 0.15) is 29.0 Å². The standard InChI is InChI=1S/C14H13N3O3/c1-10(12-7-4-5-9-15-12)16-14(18)11-6-2-3-8-13(11)17(19)20/h2-10H,1H3,(H,16,18). The topological polar surface area (TPSA) is 85.1 Å². The minimum Gasteiger partial charge on any atom is -0.344 e. The summed E-state index contributed by atoms with van der Waals surface area (Å²) < 4.78 is 0. The molecule has 1 N–H and O–H groups in total. The van der Waals surface area contributed by atoms with Crippen LogP contribution in [-0.2, 0) is 0 Å². The Bertz CT molecular complexity index is 629. The Morgan fingerprint density at radius 1 is 1.25 bits per heavy atom. The van der Waals surface area contributed by atoms with Gasteiger partial charge in [0, 0.05) is 12.3 Å². The fourth-order valence-electron chi connectivity index (χ4n) is 1.81. The molecule has 1 unspecified atom stereocenters. The van der Waals surface area contributed by atoms with Crippen molar-refractivity contribution in [3.63, 3.8) is 0 Å². The molecular formula is C14H13N3O3. The van der Waals surface area contributed by atoms with Crippen molar-refractivity contribution in [2.24, 2.45) is 0 Å². The molecular weight excluding hydrogens is 258 g/mol. The molecule has 0 bridgehead atoms. The molecule has 102 valence electrons. The number of amides is 1. The van der Waals surface area contributed by atoms with Gasteiger partial charge in [0.1, 0.15) is 5.56 Å². The minimum absolute atomic E-state index is 0.0419. The summed E-state index contributed by atoms with van der Waals surface area (Å²) in [5.74, 6) is -0.490. The van der Waals surface area contributed by atoms with Crippen LogP contribution in [0.25, 0.3) is 0 Å². The maximum Gasteiger partial charge on any atom is 0.282 e. The Morgan fingerprint density at radius 2 is 1.95 bits per heavy atom. The maximum atomic E-state index is 12.1. The molecule has 0 aliphatic rings. The summed E-state index contributed by atoms with van der Waals surface area (Å²) in [7, 11) is 0. The third-order valence-corrected chi connectivity index (χ3v) is 2.82. The number of para-hydroxylation sites is 1. The van der Waals surface area contributed by atoms with E-state index in [1.54, 1.807) is 31.3 Å². The van der Waals surface area contributed by atoms with Crippen molar-refractivity contribution >= 4 is 11.6 Å². The van der Waals surface area contributed by atoms with E-state index < -0.39 is 10.8 Å². The number of hydrogen-bond acceptors (Lipinski definition) is 4. The Morgan fingerprint density at radius 3 is 2.60 bits per heavy atom. The number of nitro groups is 1. The highest BCUT2D eigenvalue weighted by Crippen LogP contribution is 2.18. The van der Waals surface area contributed by atoms with E-state index in [9.17, 15) is 14.9 Å². The highest BCUT2D eigenvalue weighted by Gasteiger charge is 2.20. The van der Waals surface area contributed by atoms with Crippen LogP contribution in [0.3, 0.4) is 0 Å². The van der Waals surface area contributed by atoms with Gasteiger partial charge in [-0.2, -0.15) is 0 Å². The van der Waals surface area contributed by atoms with Crippen molar-refractivity contribution in [3.05, 3.63) is 70.0 Å². The van der Waals surface area contributed by atoms with Gasteiger partial charge >= 0.3 is 0 Å². The van der Waals surface area contributed by atoms with Gasteiger partial charge in [-0.1, -0.05) is 18.2 Å². The van der Waals surface area contributed by atoms with E-state index in [0.717, 1.165) is 0 Å². The third-order valence-electron chi connectivity index (χ3n) is 2.82. The predicted octanol–water partition coefficient (Wildman–Crippen LogP) is 2.48. The van der Waals surface area contributed by atoms with Gasteiger partial charge in [-0.15, -0.1) is 0 Å². The Hall–Kier alpha value is -2.76. The van der Waals surface area contributed by atoms with Crippen LogP contribution in [0.5, 0.6) is 0 Å². The van der Waals surface area contributed by atoms with E-state index in [-0.39, 0.29) is 17.3 Å². The molecule has 6 heteroatoms. The lowest BCUT2D eigenvalue weighted by Gasteiger charge is -2.13. The molecule has 0 saturated carbocycles. The largest absolute Gasteiger partial charge is 0.344 e. The van der Waals surface area contributed by atoms with Crippen molar-refractivity contribution in [1.29, 1.82) is 0 Å².